The predicted molar refractivity (Wildman–Crippen MR) is 78.1 cm³/mol. The predicted octanol–water partition coefficient (Wildman–Crippen LogP) is 3.01. The highest BCUT2D eigenvalue weighted by Gasteiger charge is 2.51. The molecule has 21 heavy (non-hydrogen) atoms. The fourth-order valence-corrected chi connectivity index (χ4v) is 3.56. The lowest BCUT2D eigenvalue weighted by Gasteiger charge is -2.25. The number of nitrogens with zero attached hydrogens (tertiary/aromatic N) is 1. The zero-order chi connectivity index (χ0) is 15.0. The number of imide groups is 1. The van der Waals surface area contributed by atoms with Gasteiger partial charge in [0.25, 0.3) is 0 Å². The molecule has 3 rings (SSSR count). The zero-order valence-corrected chi connectivity index (χ0v) is 11.9. The molecular weight excluding hydrogens is 271 g/mol. The van der Waals surface area contributed by atoms with E-state index in [0.717, 1.165) is 44.6 Å². The number of rotatable bonds is 1. The summed E-state index contributed by atoms with van der Waals surface area (Å²) < 4.78 is 13.2. The minimum absolute atomic E-state index is 0.127. The van der Waals surface area contributed by atoms with Crippen LogP contribution in [-0.4, -0.2) is 11.8 Å². The highest BCUT2D eigenvalue weighted by atomic mass is 19.1. The molecule has 2 N–H and O–H groups in total. The molecule has 0 radical (unpaired) electrons. The van der Waals surface area contributed by atoms with Crippen LogP contribution in [0.25, 0.3) is 0 Å². The molecular formula is C16H19FN2O2. The van der Waals surface area contributed by atoms with Crippen molar-refractivity contribution in [3.8, 4) is 0 Å². The lowest BCUT2D eigenvalue weighted by atomic mass is 9.79. The molecule has 1 saturated heterocycles. The number of nitrogen functional groups attached to an aromatic ring is 1. The van der Waals surface area contributed by atoms with E-state index >= 15 is 0 Å². The monoisotopic (exact) mass is 290 g/mol. The largest absolute Gasteiger partial charge is 0.397 e. The Labute approximate surface area is 123 Å². The summed E-state index contributed by atoms with van der Waals surface area (Å²) in [5.41, 5.74) is 5.67. The molecule has 1 heterocycles. The van der Waals surface area contributed by atoms with Gasteiger partial charge in [-0.1, -0.05) is 25.7 Å². The Bertz CT molecular complexity index is 592. The Kier molecular flexibility index (Phi) is 3.43. The van der Waals surface area contributed by atoms with Gasteiger partial charge in [-0.15, -0.1) is 0 Å². The van der Waals surface area contributed by atoms with E-state index in [0.29, 0.717) is 5.69 Å². The van der Waals surface area contributed by atoms with Gasteiger partial charge < -0.3 is 5.73 Å². The van der Waals surface area contributed by atoms with E-state index in [1.807, 2.05) is 0 Å². The van der Waals surface area contributed by atoms with E-state index < -0.39 is 11.2 Å². The summed E-state index contributed by atoms with van der Waals surface area (Å²) in [6.07, 6.45) is 5.95. The van der Waals surface area contributed by atoms with Crippen LogP contribution in [0.1, 0.15) is 44.9 Å². The number of carbonyl (C=O) groups is 2. The number of hydrogen-bond donors (Lipinski definition) is 1. The van der Waals surface area contributed by atoms with Gasteiger partial charge in [-0.3, -0.25) is 9.59 Å². The molecule has 112 valence electrons. The van der Waals surface area contributed by atoms with Crippen molar-refractivity contribution in [2.45, 2.75) is 44.9 Å². The number of carbonyl (C=O) groups excluding carboxylic acids is 2. The third-order valence-electron chi connectivity index (χ3n) is 4.69. The number of amides is 2. The van der Waals surface area contributed by atoms with Crippen molar-refractivity contribution in [2.24, 2.45) is 5.41 Å². The number of nitrogens with two attached hydrogens (primary N) is 1. The average molecular weight is 290 g/mol. The second-order valence-electron chi connectivity index (χ2n) is 6.11. The maximum atomic E-state index is 13.2. The van der Waals surface area contributed by atoms with Gasteiger partial charge in [-0.05, 0) is 31.0 Å². The van der Waals surface area contributed by atoms with Gasteiger partial charge in [0.15, 0.2) is 0 Å². The molecule has 2 fully saturated rings. The molecule has 0 atom stereocenters. The minimum Gasteiger partial charge on any atom is -0.397 e. The summed E-state index contributed by atoms with van der Waals surface area (Å²) in [6.45, 7) is 0. The molecule has 2 aliphatic rings. The van der Waals surface area contributed by atoms with Gasteiger partial charge in [0.05, 0.1) is 16.8 Å². The van der Waals surface area contributed by atoms with Crippen molar-refractivity contribution >= 4 is 23.2 Å². The van der Waals surface area contributed by atoms with Gasteiger partial charge >= 0.3 is 0 Å². The number of halogens is 1. The fourth-order valence-electron chi connectivity index (χ4n) is 3.56. The molecule has 4 nitrogen and oxygen atoms in total. The van der Waals surface area contributed by atoms with Crippen molar-refractivity contribution in [3.63, 3.8) is 0 Å². The summed E-state index contributed by atoms with van der Waals surface area (Å²) >= 11 is 0. The first kappa shape index (κ1) is 14.0. The van der Waals surface area contributed by atoms with Crippen LogP contribution >= 0.6 is 0 Å². The molecule has 2 amide bonds. The van der Waals surface area contributed by atoms with Crippen molar-refractivity contribution in [2.75, 3.05) is 10.6 Å². The second kappa shape index (κ2) is 5.13. The van der Waals surface area contributed by atoms with Crippen LogP contribution in [0.4, 0.5) is 15.8 Å². The highest BCUT2D eigenvalue weighted by molar-refractivity contribution is 6.23. The van der Waals surface area contributed by atoms with Crippen LogP contribution in [0, 0.1) is 11.2 Å². The normalized spacial score (nSPS) is 21.9. The summed E-state index contributed by atoms with van der Waals surface area (Å²) in [5.74, 6) is -0.854. The Morgan fingerprint density at radius 2 is 1.76 bits per heavy atom. The number of benzene rings is 1. The highest BCUT2D eigenvalue weighted by Crippen LogP contribution is 2.46. The SMILES string of the molecule is Nc1cc(F)ccc1N1C(=O)CC2(CCCCCC2)C1=O. The van der Waals surface area contributed by atoms with Crippen molar-refractivity contribution in [1.29, 1.82) is 0 Å². The summed E-state index contributed by atoms with van der Waals surface area (Å²) in [5, 5.41) is 0. The minimum atomic E-state index is -0.561. The van der Waals surface area contributed by atoms with Crippen LogP contribution in [0.2, 0.25) is 0 Å². The van der Waals surface area contributed by atoms with Gasteiger partial charge in [0.2, 0.25) is 11.8 Å². The Hall–Kier alpha value is -1.91. The van der Waals surface area contributed by atoms with Crippen LogP contribution in [0.5, 0.6) is 0 Å². The summed E-state index contributed by atoms with van der Waals surface area (Å²) in [4.78, 5) is 26.4. The van der Waals surface area contributed by atoms with Crippen LogP contribution in [-0.2, 0) is 9.59 Å². The average Bonchev–Trinajstić information content (AvgIpc) is 2.60. The molecule has 0 bridgehead atoms. The molecule has 1 aromatic carbocycles. The molecule has 1 aliphatic carbocycles. The van der Waals surface area contributed by atoms with Gasteiger partial charge in [-0.25, -0.2) is 9.29 Å². The quantitative estimate of drug-likeness (QED) is 0.638. The van der Waals surface area contributed by atoms with Crippen LogP contribution in [0.3, 0.4) is 0 Å². The third-order valence-corrected chi connectivity index (χ3v) is 4.69. The molecule has 1 saturated carbocycles. The van der Waals surface area contributed by atoms with Crippen molar-refractivity contribution < 1.29 is 14.0 Å². The van der Waals surface area contributed by atoms with Crippen LogP contribution < -0.4 is 10.6 Å². The molecule has 5 heteroatoms. The van der Waals surface area contributed by atoms with E-state index in [1.54, 1.807) is 0 Å². The molecule has 0 unspecified atom stereocenters. The fraction of sp³-hybridized carbons (Fsp3) is 0.500. The first-order chi connectivity index (χ1) is 10.0. The number of anilines is 2. The maximum Gasteiger partial charge on any atom is 0.240 e. The zero-order valence-electron chi connectivity index (χ0n) is 11.9. The summed E-state index contributed by atoms with van der Waals surface area (Å²) in [6, 6.07) is 3.79. The molecule has 0 aromatic heterocycles. The van der Waals surface area contributed by atoms with E-state index in [9.17, 15) is 14.0 Å². The third kappa shape index (κ3) is 2.30. The lowest BCUT2D eigenvalue weighted by molar-refractivity contribution is -0.126. The molecule has 1 spiro atoms. The van der Waals surface area contributed by atoms with Gasteiger partial charge in [0, 0.05) is 6.42 Å². The first-order valence-electron chi connectivity index (χ1n) is 7.46. The van der Waals surface area contributed by atoms with E-state index in [2.05, 4.69) is 0 Å². The first-order valence-corrected chi connectivity index (χ1v) is 7.46. The Morgan fingerprint density at radius 1 is 1.10 bits per heavy atom. The topological polar surface area (TPSA) is 63.4 Å². The van der Waals surface area contributed by atoms with Gasteiger partial charge in [-0.2, -0.15) is 0 Å². The smallest absolute Gasteiger partial charge is 0.240 e. The van der Waals surface area contributed by atoms with Crippen LogP contribution in [0.15, 0.2) is 18.2 Å². The Morgan fingerprint density at radius 3 is 2.38 bits per heavy atom. The molecule has 1 aromatic rings. The second-order valence-corrected chi connectivity index (χ2v) is 6.11. The van der Waals surface area contributed by atoms with E-state index in [-0.39, 0.29) is 23.9 Å². The lowest BCUT2D eigenvalue weighted by Crippen LogP contribution is -2.36. The van der Waals surface area contributed by atoms with Crippen molar-refractivity contribution in [3.05, 3.63) is 24.0 Å². The summed E-state index contributed by atoms with van der Waals surface area (Å²) in [7, 11) is 0. The Balaban J connectivity index is 1.97. The molecule has 1 aliphatic heterocycles. The van der Waals surface area contributed by atoms with E-state index in [1.165, 1.54) is 17.0 Å². The van der Waals surface area contributed by atoms with Crippen molar-refractivity contribution in [1.82, 2.24) is 0 Å². The standard InChI is InChI=1S/C16H19FN2O2/c17-11-5-6-13(12(18)9-11)19-14(20)10-16(15(19)21)7-3-1-2-4-8-16/h5-6,9H,1-4,7-8,10,18H2. The number of hydrogen-bond acceptors (Lipinski definition) is 3. The van der Waals surface area contributed by atoms with E-state index in [4.69, 9.17) is 5.73 Å². The van der Waals surface area contributed by atoms with Gasteiger partial charge in [0.1, 0.15) is 5.82 Å². The maximum absolute atomic E-state index is 13.2.